The number of hydrogen-bond acceptors (Lipinski definition) is 5. The number of likely N-dealkylation sites (tertiary alicyclic amines) is 1. The molecule has 7 heteroatoms. The van der Waals surface area contributed by atoms with Gasteiger partial charge in [0.25, 0.3) is 0 Å². The summed E-state index contributed by atoms with van der Waals surface area (Å²) in [6.45, 7) is 3.74. The third-order valence-electron chi connectivity index (χ3n) is 6.03. The molecule has 7 nitrogen and oxygen atoms in total. The number of amides is 1. The molecule has 2 aliphatic heterocycles. The summed E-state index contributed by atoms with van der Waals surface area (Å²) in [5, 5.41) is 0. The normalized spacial score (nSPS) is 26.9. The Morgan fingerprint density at radius 3 is 2.50 bits per heavy atom. The van der Waals surface area contributed by atoms with Crippen molar-refractivity contribution in [2.75, 3.05) is 31.1 Å². The van der Waals surface area contributed by atoms with E-state index in [1.807, 2.05) is 11.6 Å². The zero-order valence-corrected chi connectivity index (χ0v) is 13.9. The van der Waals surface area contributed by atoms with Gasteiger partial charge in [0.1, 0.15) is 6.33 Å². The Kier molecular flexibility index (Phi) is 3.05. The van der Waals surface area contributed by atoms with Gasteiger partial charge in [0.05, 0.1) is 6.33 Å². The second-order valence-corrected chi connectivity index (χ2v) is 7.52. The lowest BCUT2D eigenvalue weighted by atomic mass is 9.84. The average molecular weight is 326 g/mol. The number of nitrogens with zero attached hydrogens (tertiary/aromatic N) is 6. The molecule has 0 aromatic carbocycles. The van der Waals surface area contributed by atoms with Crippen molar-refractivity contribution in [3.8, 4) is 0 Å². The van der Waals surface area contributed by atoms with E-state index in [1.54, 1.807) is 12.7 Å². The van der Waals surface area contributed by atoms with Crippen molar-refractivity contribution in [3.63, 3.8) is 0 Å². The molecule has 24 heavy (non-hydrogen) atoms. The number of fused-ring (bicyclic) bond motifs is 2. The van der Waals surface area contributed by atoms with Crippen molar-refractivity contribution < 1.29 is 4.79 Å². The molecule has 126 valence electrons. The molecule has 3 aliphatic rings. The van der Waals surface area contributed by atoms with Gasteiger partial charge in [-0.2, -0.15) is 0 Å². The Balaban J connectivity index is 1.33. The molecule has 5 rings (SSSR count). The highest BCUT2D eigenvalue weighted by Crippen LogP contribution is 2.37. The van der Waals surface area contributed by atoms with Gasteiger partial charge < -0.3 is 14.4 Å². The molecule has 2 saturated heterocycles. The fourth-order valence-corrected chi connectivity index (χ4v) is 4.42. The smallest absolute Gasteiger partial charge is 0.225 e. The molecule has 2 unspecified atom stereocenters. The lowest BCUT2D eigenvalue weighted by Crippen LogP contribution is -2.39. The fraction of sp³-hybridized carbons (Fsp3) is 0.647. The van der Waals surface area contributed by atoms with E-state index in [9.17, 15) is 4.79 Å². The summed E-state index contributed by atoms with van der Waals surface area (Å²) in [5.41, 5.74) is 1.75. The maximum absolute atomic E-state index is 12.5. The van der Waals surface area contributed by atoms with Crippen LogP contribution in [0.4, 0.5) is 5.82 Å². The SMILES string of the molecule is Cn1cnc2c(N3CC4CN(C(=O)C5CCC5)CC4C3)ncnc21. The van der Waals surface area contributed by atoms with Crippen molar-refractivity contribution in [2.24, 2.45) is 24.8 Å². The summed E-state index contributed by atoms with van der Waals surface area (Å²) in [6.07, 6.45) is 6.82. The van der Waals surface area contributed by atoms with Crippen LogP contribution in [0.15, 0.2) is 12.7 Å². The van der Waals surface area contributed by atoms with E-state index in [1.165, 1.54) is 6.42 Å². The third-order valence-corrected chi connectivity index (χ3v) is 6.03. The van der Waals surface area contributed by atoms with Crippen LogP contribution in [0.2, 0.25) is 0 Å². The van der Waals surface area contributed by atoms with Crippen LogP contribution >= 0.6 is 0 Å². The van der Waals surface area contributed by atoms with Crippen LogP contribution in [0.5, 0.6) is 0 Å². The van der Waals surface area contributed by atoms with Crippen LogP contribution in [0, 0.1) is 17.8 Å². The summed E-state index contributed by atoms with van der Waals surface area (Å²) in [7, 11) is 1.95. The highest BCUT2D eigenvalue weighted by Gasteiger charge is 2.44. The average Bonchev–Trinajstić information content (AvgIpc) is 3.18. The Labute approximate surface area is 140 Å². The van der Waals surface area contributed by atoms with E-state index in [4.69, 9.17) is 0 Å². The number of aromatic nitrogens is 4. The van der Waals surface area contributed by atoms with Gasteiger partial charge in [0, 0.05) is 51.0 Å². The first-order chi connectivity index (χ1) is 11.7. The maximum Gasteiger partial charge on any atom is 0.225 e. The predicted octanol–water partition coefficient (Wildman–Crippen LogP) is 1.06. The molecular weight excluding hydrogens is 304 g/mol. The van der Waals surface area contributed by atoms with Gasteiger partial charge in [-0.25, -0.2) is 15.0 Å². The molecule has 2 atom stereocenters. The Bertz CT molecular complexity index is 783. The molecular formula is C17H22N6O. The quantitative estimate of drug-likeness (QED) is 0.825. The number of rotatable bonds is 2. The Morgan fingerprint density at radius 1 is 1.08 bits per heavy atom. The third kappa shape index (κ3) is 2.03. The van der Waals surface area contributed by atoms with Crippen molar-refractivity contribution in [1.82, 2.24) is 24.4 Å². The summed E-state index contributed by atoms with van der Waals surface area (Å²) in [6, 6.07) is 0. The monoisotopic (exact) mass is 326 g/mol. The van der Waals surface area contributed by atoms with Gasteiger partial charge in [-0.05, 0) is 12.8 Å². The molecule has 1 amide bonds. The summed E-state index contributed by atoms with van der Waals surface area (Å²) >= 11 is 0. The summed E-state index contributed by atoms with van der Waals surface area (Å²) in [4.78, 5) is 30.2. The Morgan fingerprint density at radius 2 is 1.83 bits per heavy atom. The maximum atomic E-state index is 12.5. The van der Waals surface area contributed by atoms with Gasteiger partial charge in [0.15, 0.2) is 17.0 Å². The molecule has 0 N–H and O–H groups in total. The van der Waals surface area contributed by atoms with E-state index in [0.717, 1.165) is 56.0 Å². The first-order valence-electron chi connectivity index (χ1n) is 8.86. The minimum Gasteiger partial charge on any atom is -0.354 e. The molecule has 1 aliphatic carbocycles. The first-order valence-corrected chi connectivity index (χ1v) is 8.86. The molecule has 0 spiro atoms. The van der Waals surface area contributed by atoms with Gasteiger partial charge in [-0.15, -0.1) is 0 Å². The molecule has 3 fully saturated rings. The summed E-state index contributed by atoms with van der Waals surface area (Å²) in [5.74, 6) is 2.77. The van der Waals surface area contributed by atoms with Gasteiger partial charge >= 0.3 is 0 Å². The van der Waals surface area contributed by atoms with E-state index >= 15 is 0 Å². The molecule has 1 saturated carbocycles. The highest BCUT2D eigenvalue weighted by molar-refractivity contribution is 5.83. The van der Waals surface area contributed by atoms with E-state index < -0.39 is 0 Å². The van der Waals surface area contributed by atoms with Crippen LogP contribution in [0.25, 0.3) is 11.2 Å². The number of imidazole rings is 1. The fourth-order valence-electron chi connectivity index (χ4n) is 4.42. The largest absolute Gasteiger partial charge is 0.354 e. The van der Waals surface area contributed by atoms with Gasteiger partial charge in [0.2, 0.25) is 5.91 Å². The van der Waals surface area contributed by atoms with E-state index in [-0.39, 0.29) is 0 Å². The lowest BCUT2D eigenvalue weighted by molar-refractivity contribution is -0.137. The molecule has 2 aromatic heterocycles. The minimum atomic E-state index is 0.315. The molecule has 0 radical (unpaired) electrons. The molecule has 2 aromatic rings. The number of carbonyl (C=O) groups is 1. The first kappa shape index (κ1) is 14.2. The second kappa shape index (κ2) is 5.16. The standard InChI is InChI=1S/C17H22N6O/c1-21-10-20-14-15(21)18-9-19-16(14)22-5-12-7-23(8-13(12)6-22)17(24)11-3-2-4-11/h9-13H,2-8H2,1H3. The molecule has 4 heterocycles. The number of aryl methyl sites for hydroxylation is 1. The van der Waals surface area contributed by atoms with E-state index in [2.05, 4.69) is 24.8 Å². The minimum absolute atomic E-state index is 0.315. The zero-order valence-electron chi connectivity index (χ0n) is 13.9. The predicted molar refractivity (Wildman–Crippen MR) is 89.4 cm³/mol. The van der Waals surface area contributed by atoms with Crippen molar-refractivity contribution >= 4 is 22.9 Å². The zero-order chi connectivity index (χ0) is 16.3. The number of hydrogen-bond donors (Lipinski definition) is 0. The van der Waals surface area contributed by atoms with Crippen molar-refractivity contribution in [1.29, 1.82) is 0 Å². The number of carbonyl (C=O) groups excluding carboxylic acids is 1. The number of anilines is 1. The lowest BCUT2D eigenvalue weighted by Gasteiger charge is -2.30. The van der Waals surface area contributed by atoms with Crippen molar-refractivity contribution in [3.05, 3.63) is 12.7 Å². The van der Waals surface area contributed by atoms with Gasteiger partial charge in [-0.1, -0.05) is 6.42 Å². The second-order valence-electron chi connectivity index (χ2n) is 7.52. The van der Waals surface area contributed by atoms with Crippen LogP contribution in [-0.4, -0.2) is 56.5 Å². The van der Waals surface area contributed by atoms with Crippen LogP contribution in [-0.2, 0) is 11.8 Å². The van der Waals surface area contributed by atoms with Crippen LogP contribution in [0.1, 0.15) is 19.3 Å². The van der Waals surface area contributed by atoms with Crippen molar-refractivity contribution in [2.45, 2.75) is 19.3 Å². The van der Waals surface area contributed by atoms with E-state index in [0.29, 0.717) is 23.7 Å². The van der Waals surface area contributed by atoms with Crippen LogP contribution < -0.4 is 4.90 Å². The Hall–Kier alpha value is -2.18. The summed E-state index contributed by atoms with van der Waals surface area (Å²) < 4.78 is 1.93. The van der Waals surface area contributed by atoms with Crippen LogP contribution in [0.3, 0.4) is 0 Å². The topological polar surface area (TPSA) is 67.2 Å². The molecule has 0 bridgehead atoms. The highest BCUT2D eigenvalue weighted by atomic mass is 16.2. The van der Waals surface area contributed by atoms with Gasteiger partial charge in [-0.3, -0.25) is 4.79 Å².